The molecular weight excluding hydrogens is 238 g/mol. The number of esters is 1. The van der Waals surface area contributed by atoms with Crippen LogP contribution in [-0.4, -0.2) is 36.1 Å². The summed E-state index contributed by atoms with van der Waals surface area (Å²) in [5.74, 6) is -0.165. The molecule has 0 saturated carbocycles. The molecule has 102 valence electrons. The molecule has 3 rings (SSSR count). The monoisotopic (exact) mass is 259 g/mol. The van der Waals surface area contributed by atoms with Crippen LogP contribution in [-0.2, 0) is 11.2 Å². The Morgan fingerprint density at radius 2 is 1.95 bits per heavy atom. The van der Waals surface area contributed by atoms with E-state index in [9.17, 15) is 4.79 Å². The molecule has 0 spiro atoms. The van der Waals surface area contributed by atoms with Gasteiger partial charge in [0, 0.05) is 13.0 Å². The summed E-state index contributed by atoms with van der Waals surface area (Å²) in [5, 5.41) is 0. The van der Waals surface area contributed by atoms with Crippen molar-refractivity contribution in [2.45, 2.75) is 38.2 Å². The van der Waals surface area contributed by atoms with E-state index in [1.165, 1.54) is 19.3 Å². The maximum Gasteiger partial charge on any atom is 0.339 e. The lowest BCUT2D eigenvalue weighted by Gasteiger charge is -2.39. The predicted molar refractivity (Wildman–Crippen MR) is 74.3 cm³/mol. The number of rotatable bonds is 2. The highest BCUT2D eigenvalue weighted by Gasteiger charge is 2.37. The third-order valence-corrected chi connectivity index (χ3v) is 4.15. The van der Waals surface area contributed by atoms with Gasteiger partial charge in [-0.05, 0) is 44.5 Å². The van der Waals surface area contributed by atoms with Crippen LogP contribution in [0.1, 0.15) is 42.1 Å². The molecule has 1 fully saturated rings. The molecule has 1 atom stereocenters. The van der Waals surface area contributed by atoms with E-state index in [4.69, 9.17) is 4.74 Å². The van der Waals surface area contributed by atoms with Gasteiger partial charge in [-0.25, -0.2) is 4.79 Å². The number of benzene rings is 1. The van der Waals surface area contributed by atoms with E-state index in [0.717, 1.165) is 37.2 Å². The Labute approximate surface area is 114 Å². The molecule has 1 saturated heterocycles. The van der Waals surface area contributed by atoms with Gasteiger partial charge in [-0.3, -0.25) is 4.90 Å². The van der Waals surface area contributed by atoms with E-state index in [0.29, 0.717) is 0 Å². The van der Waals surface area contributed by atoms with Crippen LogP contribution in [0.25, 0.3) is 0 Å². The lowest BCUT2D eigenvalue weighted by molar-refractivity contribution is -0.0338. The summed E-state index contributed by atoms with van der Waals surface area (Å²) in [4.78, 5) is 14.5. The van der Waals surface area contributed by atoms with E-state index in [1.54, 1.807) is 0 Å². The van der Waals surface area contributed by atoms with Gasteiger partial charge in [0.2, 0.25) is 0 Å². The van der Waals surface area contributed by atoms with Crippen molar-refractivity contribution in [3.05, 3.63) is 35.4 Å². The fourth-order valence-corrected chi connectivity index (χ4v) is 3.27. The quantitative estimate of drug-likeness (QED) is 0.765. The zero-order chi connectivity index (χ0) is 13.3. The molecule has 2 aliphatic heterocycles. The molecule has 0 aliphatic carbocycles. The molecule has 1 aromatic rings. The Hall–Kier alpha value is -1.35. The number of fused-ring (bicyclic) bond motifs is 1. The predicted octanol–water partition coefficient (Wildman–Crippen LogP) is 2.64. The summed E-state index contributed by atoms with van der Waals surface area (Å²) < 4.78 is 5.72. The van der Waals surface area contributed by atoms with Gasteiger partial charge in [-0.15, -0.1) is 0 Å². The summed E-state index contributed by atoms with van der Waals surface area (Å²) in [7, 11) is 0. The SMILES string of the molecule is CC1(CN2CCCCC2)Cc2ccccc2C(=O)O1. The van der Waals surface area contributed by atoms with Crippen molar-refractivity contribution < 1.29 is 9.53 Å². The van der Waals surface area contributed by atoms with Crippen LogP contribution < -0.4 is 0 Å². The van der Waals surface area contributed by atoms with Crippen molar-refractivity contribution >= 4 is 5.97 Å². The number of cyclic esters (lactones) is 1. The van der Waals surface area contributed by atoms with Crippen molar-refractivity contribution in [1.29, 1.82) is 0 Å². The Morgan fingerprint density at radius 1 is 1.21 bits per heavy atom. The minimum atomic E-state index is -0.372. The van der Waals surface area contributed by atoms with Gasteiger partial charge in [0.05, 0.1) is 5.56 Å². The molecule has 0 radical (unpaired) electrons. The lowest BCUT2D eigenvalue weighted by Crippen LogP contribution is -2.49. The maximum atomic E-state index is 12.1. The fourth-order valence-electron chi connectivity index (χ4n) is 3.27. The molecule has 2 aliphatic rings. The smallest absolute Gasteiger partial charge is 0.339 e. The number of likely N-dealkylation sites (tertiary alicyclic amines) is 1. The van der Waals surface area contributed by atoms with Crippen molar-refractivity contribution in [2.24, 2.45) is 0 Å². The second-order valence-electron chi connectivity index (χ2n) is 6.01. The summed E-state index contributed by atoms with van der Waals surface area (Å²) in [6, 6.07) is 7.80. The summed E-state index contributed by atoms with van der Waals surface area (Å²) in [5.41, 5.74) is 1.49. The van der Waals surface area contributed by atoms with Crippen LogP contribution in [0.5, 0.6) is 0 Å². The highest BCUT2D eigenvalue weighted by Crippen LogP contribution is 2.29. The van der Waals surface area contributed by atoms with Crippen LogP contribution in [0.2, 0.25) is 0 Å². The minimum Gasteiger partial charge on any atom is -0.454 e. The Kier molecular flexibility index (Phi) is 3.31. The van der Waals surface area contributed by atoms with Gasteiger partial charge in [-0.1, -0.05) is 24.6 Å². The Bertz CT molecular complexity index is 479. The van der Waals surface area contributed by atoms with Crippen LogP contribution in [0, 0.1) is 0 Å². The maximum absolute atomic E-state index is 12.1. The fraction of sp³-hybridized carbons (Fsp3) is 0.562. The number of nitrogens with zero attached hydrogens (tertiary/aromatic N) is 1. The Morgan fingerprint density at radius 3 is 2.74 bits per heavy atom. The largest absolute Gasteiger partial charge is 0.454 e. The van der Waals surface area contributed by atoms with Crippen LogP contribution in [0.15, 0.2) is 24.3 Å². The number of piperidine rings is 1. The molecule has 3 heteroatoms. The van der Waals surface area contributed by atoms with E-state index >= 15 is 0 Å². The zero-order valence-electron chi connectivity index (χ0n) is 11.5. The minimum absolute atomic E-state index is 0.165. The first-order valence-corrected chi connectivity index (χ1v) is 7.20. The normalized spacial score (nSPS) is 27.7. The molecule has 19 heavy (non-hydrogen) atoms. The van der Waals surface area contributed by atoms with E-state index in [-0.39, 0.29) is 11.6 Å². The van der Waals surface area contributed by atoms with Crippen LogP contribution in [0.3, 0.4) is 0 Å². The number of hydrogen-bond acceptors (Lipinski definition) is 3. The van der Waals surface area contributed by atoms with Gasteiger partial charge in [0.25, 0.3) is 0 Å². The number of hydrogen-bond donors (Lipinski definition) is 0. The lowest BCUT2D eigenvalue weighted by atomic mass is 9.89. The van der Waals surface area contributed by atoms with Gasteiger partial charge in [-0.2, -0.15) is 0 Å². The summed E-state index contributed by atoms with van der Waals surface area (Å²) in [6.07, 6.45) is 4.68. The third-order valence-electron chi connectivity index (χ3n) is 4.15. The van der Waals surface area contributed by atoms with Crippen LogP contribution in [0.4, 0.5) is 0 Å². The number of carbonyl (C=O) groups is 1. The second kappa shape index (κ2) is 4.97. The van der Waals surface area contributed by atoms with Gasteiger partial charge in [0.1, 0.15) is 5.60 Å². The van der Waals surface area contributed by atoms with E-state index in [2.05, 4.69) is 11.8 Å². The highest BCUT2D eigenvalue weighted by molar-refractivity contribution is 5.92. The van der Waals surface area contributed by atoms with Crippen molar-refractivity contribution in [1.82, 2.24) is 4.90 Å². The molecule has 2 heterocycles. The van der Waals surface area contributed by atoms with E-state index < -0.39 is 0 Å². The summed E-state index contributed by atoms with van der Waals surface area (Å²) >= 11 is 0. The third kappa shape index (κ3) is 2.66. The van der Waals surface area contributed by atoms with E-state index in [1.807, 2.05) is 24.3 Å². The first kappa shape index (κ1) is 12.7. The molecule has 1 aromatic carbocycles. The standard InChI is InChI=1S/C16H21NO2/c1-16(12-17-9-5-2-6-10-17)11-13-7-3-4-8-14(13)15(18)19-16/h3-4,7-8H,2,5-6,9-12H2,1H3. The molecule has 0 bridgehead atoms. The zero-order valence-corrected chi connectivity index (χ0v) is 11.5. The van der Waals surface area contributed by atoms with Gasteiger partial charge < -0.3 is 4.74 Å². The molecule has 1 unspecified atom stereocenters. The Balaban J connectivity index is 1.77. The van der Waals surface area contributed by atoms with Crippen molar-refractivity contribution in [2.75, 3.05) is 19.6 Å². The average molecular weight is 259 g/mol. The first-order chi connectivity index (χ1) is 9.16. The van der Waals surface area contributed by atoms with Crippen LogP contribution >= 0.6 is 0 Å². The molecular formula is C16H21NO2. The van der Waals surface area contributed by atoms with Crippen molar-refractivity contribution in [3.63, 3.8) is 0 Å². The van der Waals surface area contributed by atoms with Crippen molar-refractivity contribution in [3.8, 4) is 0 Å². The molecule has 0 N–H and O–H groups in total. The van der Waals surface area contributed by atoms with Gasteiger partial charge in [0.15, 0.2) is 0 Å². The highest BCUT2D eigenvalue weighted by atomic mass is 16.6. The number of carbonyl (C=O) groups excluding carboxylic acids is 1. The average Bonchev–Trinajstić information content (AvgIpc) is 2.39. The second-order valence-corrected chi connectivity index (χ2v) is 6.01. The summed E-state index contributed by atoms with van der Waals surface area (Å²) in [6.45, 7) is 5.19. The van der Waals surface area contributed by atoms with Gasteiger partial charge >= 0.3 is 5.97 Å². The first-order valence-electron chi connectivity index (χ1n) is 7.20. The molecule has 3 nitrogen and oxygen atoms in total. The topological polar surface area (TPSA) is 29.5 Å². The number of ether oxygens (including phenoxy) is 1. The molecule has 0 amide bonds. The molecule has 0 aromatic heterocycles.